The van der Waals surface area contributed by atoms with Gasteiger partial charge in [-0.2, -0.15) is 0 Å². The molecule has 0 saturated heterocycles. The quantitative estimate of drug-likeness (QED) is 0.598. The fourth-order valence-corrected chi connectivity index (χ4v) is 1.38. The molecular weight excluding hydrogens is 334 g/mol. The van der Waals surface area contributed by atoms with Gasteiger partial charge in [-0.15, -0.1) is 0 Å². The number of aliphatic carboxylic acids is 1. The van der Waals surface area contributed by atoms with Crippen LogP contribution in [0.15, 0.2) is 28.7 Å². The van der Waals surface area contributed by atoms with E-state index in [4.69, 9.17) is 5.11 Å². The first kappa shape index (κ1) is 22.1. The number of hydrogen-bond acceptors (Lipinski definition) is 3. The Labute approximate surface area is 136 Å². The van der Waals surface area contributed by atoms with Crippen LogP contribution in [0.5, 0.6) is 0 Å². The Hall–Kier alpha value is -1.20. The van der Waals surface area contributed by atoms with Gasteiger partial charge in [0.15, 0.2) is 0 Å². The van der Waals surface area contributed by atoms with Crippen molar-refractivity contribution in [2.24, 2.45) is 0 Å². The second kappa shape index (κ2) is 16.9. The molecule has 2 N–H and O–H groups in total. The number of rotatable bonds is 6. The molecule has 5 heteroatoms. The first-order valence-electron chi connectivity index (χ1n) is 7.06. The number of carbonyl (C=O) groups is 2. The average Bonchev–Trinajstić information content (AvgIpc) is 2.44. The summed E-state index contributed by atoms with van der Waals surface area (Å²) in [6.45, 7) is 8.46. The van der Waals surface area contributed by atoms with Crippen LogP contribution in [0.25, 0.3) is 0 Å². The molecule has 0 aromatic heterocycles. The van der Waals surface area contributed by atoms with E-state index in [0.717, 1.165) is 23.8 Å². The number of benzene rings is 1. The molecule has 1 aromatic rings. The molecule has 0 fully saturated rings. The van der Waals surface area contributed by atoms with E-state index in [2.05, 4.69) is 54.2 Å². The molecule has 120 valence electrons. The maximum Gasteiger partial charge on any atom is 0.303 e. The second-order valence-electron chi connectivity index (χ2n) is 4.21. The van der Waals surface area contributed by atoms with Crippen LogP contribution in [0.4, 0.5) is 0 Å². The minimum atomic E-state index is -0.841. The Morgan fingerprint density at radius 1 is 1.24 bits per heavy atom. The third-order valence-corrected chi connectivity index (χ3v) is 2.75. The largest absolute Gasteiger partial charge is 0.481 e. The molecule has 0 aliphatic heterocycles. The van der Waals surface area contributed by atoms with Gasteiger partial charge in [0.2, 0.25) is 0 Å². The van der Waals surface area contributed by atoms with Crippen LogP contribution in [-0.2, 0) is 9.59 Å². The molecule has 0 heterocycles. The first-order valence-corrected chi connectivity index (χ1v) is 7.85. The number of halogens is 1. The zero-order chi connectivity index (χ0) is 16.5. The van der Waals surface area contributed by atoms with Crippen molar-refractivity contribution in [1.82, 2.24) is 5.32 Å². The fraction of sp³-hybridized carbons (Fsp3) is 0.500. The van der Waals surface area contributed by atoms with E-state index in [1.165, 1.54) is 5.56 Å². The molecule has 0 aliphatic carbocycles. The summed E-state index contributed by atoms with van der Waals surface area (Å²) in [6, 6.07) is 8.22. The van der Waals surface area contributed by atoms with E-state index in [-0.39, 0.29) is 6.42 Å². The third kappa shape index (κ3) is 21.3. The summed E-state index contributed by atoms with van der Waals surface area (Å²) in [6.07, 6.45) is 1.63. The van der Waals surface area contributed by atoms with Gasteiger partial charge in [0.1, 0.15) is 6.29 Å². The first-order chi connectivity index (χ1) is 9.97. The summed E-state index contributed by atoms with van der Waals surface area (Å²) in [4.78, 5) is 19.4. The highest BCUT2D eigenvalue weighted by Gasteiger charge is 1.93. The van der Waals surface area contributed by atoms with E-state index < -0.39 is 5.97 Å². The molecule has 0 bridgehead atoms. The maximum absolute atomic E-state index is 9.76. The van der Waals surface area contributed by atoms with Crippen LogP contribution < -0.4 is 5.32 Å². The third-order valence-electron chi connectivity index (χ3n) is 2.22. The summed E-state index contributed by atoms with van der Waals surface area (Å²) in [5.41, 5.74) is 1.30. The van der Waals surface area contributed by atoms with Gasteiger partial charge in [-0.1, -0.05) is 47.5 Å². The van der Waals surface area contributed by atoms with Crippen molar-refractivity contribution in [3.05, 3.63) is 34.3 Å². The van der Waals surface area contributed by atoms with Crippen LogP contribution >= 0.6 is 15.9 Å². The van der Waals surface area contributed by atoms with Crippen LogP contribution in [-0.4, -0.2) is 30.5 Å². The molecule has 1 rings (SSSR count). The number of nitrogens with one attached hydrogen (secondary N) is 1. The molecule has 0 amide bonds. The lowest BCUT2D eigenvalue weighted by Gasteiger charge is -1.88. The van der Waals surface area contributed by atoms with Crippen molar-refractivity contribution in [1.29, 1.82) is 0 Å². The predicted octanol–water partition coefficient (Wildman–Crippen LogP) is 3.81. The van der Waals surface area contributed by atoms with Gasteiger partial charge in [0.05, 0.1) is 0 Å². The Balaban J connectivity index is 0. The van der Waals surface area contributed by atoms with Gasteiger partial charge in [-0.3, -0.25) is 4.79 Å². The van der Waals surface area contributed by atoms with Crippen molar-refractivity contribution in [3.8, 4) is 0 Å². The highest BCUT2D eigenvalue weighted by Crippen LogP contribution is 2.08. The monoisotopic (exact) mass is 359 g/mol. The van der Waals surface area contributed by atoms with Gasteiger partial charge in [-0.05, 0) is 38.6 Å². The zero-order valence-corrected chi connectivity index (χ0v) is 14.6. The number of aldehydes is 1. The topological polar surface area (TPSA) is 66.4 Å². The molecule has 0 atom stereocenters. The zero-order valence-electron chi connectivity index (χ0n) is 13.1. The van der Waals surface area contributed by atoms with Crippen molar-refractivity contribution in [3.63, 3.8) is 0 Å². The molecule has 0 saturated carbocycles. The van der Waals surface area contributed by atoms with Crippen LogP contribution in [0.1, 0.15) is 38.7 Å². The molecule has 0 radical (unpaired) electrons. The number of hydrogen-bond donors (Lipinski definition) is 2. The van der Waals surface area contributed by atoms with Gasteiger partial charge in [0, 0.05) is 17.3 Å². The lowest BCUT2D eigenvalue weighted by molar-refractivity contribution is -0.137. The lowest BCUT2D eigenvalue weighted by atomic mass is 10.2. The lowest BCUT2D eigenvalue weighted by Crippen LogP contribution is -2.09. The standard InChI is InChI=1S/C7H7Br.C5H8O3.C4H11N/c1-6-2-4-7(8)5-3-6;6-4-2-1-3-5(7)8;1-3-5-4-2/h2-5H,1H3;4H,1-3H2,(H,7,8);5H,3-4H2,1-2H3. The number of carboxylic acids is 1. The van der Waals surface area contributed by atoms with E-state index in [0.29, 0.717) is 12.8 Å². The maximum atomic E-state index is 9.76. The molecule has 1 aromatic carbocycles. The van der Waals surface area contributed by atoms with Crippen LogP contribution in [0.3, 0.4) is 0 Å². The highest BCUT2D eigenvalue weighted by molar-refractivity contribution is 9.10. The normalized spacial score (nSPS) is 8.76. The second-order valence-corrected chi connectivity index (χ2v) is 5.12. The summed E-state index contributed by atoms with van der Waals surface area (Å²) >= 11 is 3.35. The number of carbonyl (C=O) groups excluding carboxylic acids is 1. The number of aryl methyl sites for hydroxylation is 1. The van der Waals surface area contributed by atoms with Crippen LogP contribution in [0, 0.1) is 6.92 Å². The highest BCUT2D eigenvalue weighted by atomic mass is 79.9. The van der Waals surface area contributed by atoms with Gasteiger partial charge in [-0.25, -0.2) is 0 Å². The Kier molecular flexibility index (Phi) is 17.7. The summed E-state index contributed by atoms with van der Waals surface area (Å²) in [5, 5.41) is 11.1. The molecule has 21 heavy (non-hydrogen) atoms. The smallest absolute Gasteiger partial charge is 0.303 e. The summed E-state index contributed by atoms with van der Waals surface area (Å²) < 4.78 is 1.14. The molecule has 4 nitrogen and oxygen atoms in total. The summed E-state index contributed by atoms with van der Waals surface area (Å²) in [5.74, 6) is -0.841. The Morgan fingerprint density at radius 2 is 1.76 bits per heavy atom. The SMILES string of the molecule is CCNCC.Cc1ccc(Br)cc1.O=CCCCC(=O)O. The predicted molar refractivity (Wildman–Crippen MR) is 90.6 cm³/mol. The van der Waals surface area contributed by atoms with Crippen LogP contribution in [0.2, 0.25) is 0 Å². The number of carboxylic acid groups (broad SMARTS) is 1. The molecule has 0 spiro atoms. The molecule has 0 aliphatic rings. The minimum Gasteiger partial charge on any atom is -0.481 e. The van der Waals surface area contributed by atoms with Crippen molar-refractivity contribution in [2.45, 2.75) is 40.0 Å². The van der Waals surface area contributed by atoms with Gasteiger partial charge in [0.25, 0.3) is 0 Å². The minimum absolute atomic E-state index is 0.0960. The van der Waals surface area contributed by atoms with Crippen molar-refractivity contribution >= 4 is 28.2 Å². The van der Waals surface area contributed by atoms with Crippen molar-refractivity contribution in [2.75, 3.05) is 13.1 Å². The van der Waals surface area contributed by atoms with E-state index in [9.17, 15) is 9.59 Å². The molecule has 0 unspecified atom stereocenters. The van der Waals surface area contributed by atoms with Crippen molar-refractivity contribution < 1.29 is 14.7 Å². The van der Waals surface area contributed by atoms with E-state index in [1.807, 2.05) is 12.1 Å². The Morgan fingerprint density at radius 3 is 2.05 bits per heavy atom. The molecular formula is C16H26BrNO3. The van der Waals surface area contributed by atoms with E-state index >= 15 is 0 Å². The average molecular weight is 360 g/mol. The van der Waals surface area contributed by atoms with Gasteiger partial charge >= 0.3 is 5.97 Å². The summed E-state index contributed by atoms with van der Waals surface area (Å²) in [7, 11) is 0. The van der Waals surface area contributed by atoms with Gasteiger partial charge < -0.3 is 15.2 Å². The van der Waals surface area contributed by atoms with E-state index in [1.54, 1.807) is 0 Å². The fourth-order valence-electron chi connectivity index (χ4n) is 1.12. The number of unbranched alkanes of at least 4 members (excludes halogenated alkanes) is 1. The Bertz CT molecular complexity index is 343.